The maximum atomic E-state index is 12.9. The van der Waals surface area contributed by atoms with Gasteiger partial charge in [0.25, 0.3) is 5.91 Å². The van der Waals surface area contributed by atoms with Crippen LogP contribution in [0.4, 0.5) is 5.69 Å². The summed E-state index contributed by atoms with van der Waals surface area (Å²) in [6, 6.07) is 15.8. The molecule has 0 radical (unpaired) electrons. The van der Waals surface area contributed by atoms with Crippen LogP contribution in [0.3, 0.4) is 0 Å². The van der Waals surface area contributed by atoms with Gasteiger partial charge in [-0.2, -0.15) is 0 Å². The van der Waals surface area contributed by atoms with Gasteiger partial charge in [-0.25, -0.2) is 0 Å². The molecule has 0 atom stereocenters. The second-order valence-corrected chi connectivity index (χ2v) is 8.67. The first-order valence-corrected chi connectivity index (χ1v) is 10.5. The third-order valence-corrected chi connectivity index (χ3v) is 5.64. The van der Waals surface area contributed by atoms with E-state index < -0.39 is 0 Å². The fourth-order valence-corrected chi connectivity index (χ4v) is 3.96. The van der Waals surface area contributed by atoms with E-state index in [1.54, 1.807) is 0 Å². The zero-order valence-electron chi connectivity index (χ0n) is 18.0. The summed E-state index contributed by atoms with van der Waals surface area (Å²) in [7, 11) is 3.94. The zero-order chi connectivity index (χ0) is 21.0. The summed E-state index contributed by atoms with van der Waals surface area (Å²) in [5.41, 5.74) is 3.79. The molecular weight excluding hydrogens is 360 g/mol. The summed E-state index contributed by atoms with van der Waals surface area (Å²) in [4.78, 5) is 29.6. The van der Waals surface area contributed by atoms with Crippen molar-refractivity contribution in [3.05, 3.63) is 65.2 Å². The van der Waals surface area contributed by atoms with Gasteiger partial charge in [0.2, 0.25) is 0 Å². The van der Waals surface area contributed by atoms with Crippen molar-refractivity contribution in [3.8, 4) is 0 Å². The number of ketones is 1. The average Bonchev–Trinajstić information content (AvgIpc) is 2.73. The number of hydrogen-bond donors (Lipinski definition) is 0. The number of anilines is 1. The summed E-state index contributed by atoms with van der Waals surface area (Å²) in [5.74, 6) is 0.875. The van der Waals surface area contributed by atoms with Crippen LogP contribution in [0.15, 0.2) is 48.5 Å². The Morgan fingerprint density at radius 2 is 1.66 bits per heavy atom. The maximum absolute atomic E-state index is 12.9. The van der Waals surface area contributed by atoms with Crippen LogP contribution in [-0.2, 0) is 6.42 Å². The van der Waals surface area contributed by atoms with Crippen molar-refractivity contribution in [3.63, 3.8) is 0 Å². The predicted molar refractivity (Wildman–Crippen MR) is 119 cm³/mol. The van der Waals surface area contributed by atoms with E-state index >= 15 is 0 Å². The second kappa shape index (κ2) is 9.25. The summed E-state index contributed by atoms with van der Waals surface area (Å²) in [6.45, 7) is 5.66. The molecule has 1 saturated heterocycles. The molecule has 1 aliphatic heterocycles. The van der Waals surface area contributed by atoms with Crippen molar-refractivity contribution in [1.29, 1.82) is 0 Å². The number of likely N-dealkylation sites (tertiary alicyclic amines) is 1. The van der Waals surface area contributed by atoms with E-state index in [9.17, 15) is 9.59 Å². The van der Waals surface area contributed by atoms with Gasteiger partial charge >= 0.3 is 0 Å². The van der Waals surface area contributed by atoms with Gasteiger partial charge in [-0.1, -0.05) is 44.2 Å². The number of piperidine rings is 1. The van der Waals surface area contributed by atoms with Gasteiger partial charge in [-0.15, -0.1) is 0 Å². The first-order valence-electron chi connectivity index (χ1n) is 10.5. The molecule has 0 N–H and O–H groups in total. The molecule has 0 aromatic heterocycles. The Morgan fingerprint density at radius 3 is 2.24 bits per heavy atom. The minimum atomic E-state index is 0.00288. The monoisotopic (exact) mass is 392 g/mol. The van der Waals surface area contributed by atoms with Crippen LogP contribution in [0.2, 0.25) is 0 Å². The highest BCUT2D eigenvalue weighted by Crippen LogP contribution is 2.24. The largest absolute Gasteiger partial charge is 0.378 e. The van der Waals surface area contributed by atoms with Gasteiger partial charge in [-0.3, -0.25) is 9.59 Å². The van der Waals surface area contributed by atoms with E-state index in [-0.39, 0.29) is 17.6 Å². The average molecular weight is 393 g/mol. The predicted octanol–water partition coefficient (Wildman–Crippen LogP) is 4.69. The van der Waals surface area contributed by atoms with Crippen molar-refractivity contribution in [1.82, 2.24) is 4.90 Å². The number of benzene rings is 2. The first-order chi connectivity index (χ1) is 13.8. The number of Topliss-reactive ketones (excluding diaryl/α,β-unsaturated/α-hetero) is 1. The fourth-order valence-electron chi connectivity index (χ4n) is 3.96. The summed E-state index contributed by atoms with van der Waals surface area (Å²) >= 11 is 0. The molecule has 1 amide bonds. The molecule has 1 fully saturated rings. The Morgan fingerprint density at radius 1 is 1.00 bits per heavy atom. The Bertz CT molecular complexity index is 847. The van der Waals surface area contributed by atoms with Gasteiger partial charge in [0.1, 0.15) is 0 Å². The van der Waals surface area contributed by atoms with Crippen LogP contribution < -0.4 is 4.90 Å². The van der Waals surface area contributed by atoms with Crippen LogP contribution in [0.25, 0.3) is 0 Å². The molecule has 4 heteroatoms. The van der Waals surface area contributed by atoms with Gasteiger partial charge in [0.15, 0.2) is 5.78 Å². The quantitative estimate of drug-likeness (QED) is 0.670. The molecule has 0 saturated carbocycles. The molecule has 2 aromatic carbocycles. The number of amides is 1. The number of rotatable bonds is 6. The molecule has 2 aromatic rings. The molecule has 154 valence electrons. The molecule has 0 unspecified atom stereocenters. The van der Waals surface area contributed by atoms with Crippen LogP contribution in [-0.4, -0.2) is 43.8 Å². The lowest BCUT2D eigenvalue weighted by molar-refractivity contribution is 0.0650. The molecule has 29 heavy (non-hydrogen) atoms. The van der Waals surface area contributed by atoms with Crippen LogP contribution in [0.5, 0.6) is 0 Å². The summed E-state index contributed by atoms with van der Waals surface area (Å²) in [6.07, 6.45) is 2.49. The Labute approximate surface area is 174 Å². The van der Waals surface area contributed by atoms with Crippen molar-refractivity contribution >= 4 is 17.4 Å². The topological polar surface area (TPSA) is 40.6 Å². The zero-order valence-corrected chi connectivity index (χ0v) is 18.0. The number of carbonyl (C=O) groups excluding carboxylic acids is 2. The molecule has 4 nitrogen and oxygen atoms in total. The smallest absolute Gasteiger partial charge is 0.253 e. The Balaban J connectivity index is 1.59. The first kappa shape index (κ1) is 21.1. The van der Waals surface area contributed by atoms with E-state index in [1.165, 1.54) is 5.56 Å². The van der Waals surface area contributed by atoms with Crippen molar-refractivity contribution in [2.75, 3.05) is 32.1 Å². The highest BCUT2D eigenvalue weighted by Gasteiger charge is 2.28. The fraction of sp³-hybridized carbons (Fsp3) is 0.440. The highest BCUT2D eigenvalue weighted by atomic mass is 16.2. The highest BCUT2D eigenvalue weighted by molar-refractivity contribution is 5.98. The molecule has 1 heterocycles. The summed E-state index contributed by atoms with van der Waals surface area (Å²) < 4.78 is 0. The SMILES string of the molecule is CC(C)Cc1ccc(C(=O)C2CCN(C(=O)c3cccc(N(C)C)c3)CC2)cc1. The van der Waals surface area contributed by atoms with E-state index in [1.807, 2.05) is 60.3 Å². The molecular formula is C25H32N2O2. The van der Waals surface area contributed by atoms with Crippen LogP contribution in [0, 0.1) is 11.8 Å². The van der Waals surface area contributed by atoms with E-state index in [2.05, 4.69) is 26.0 Å². The minimum absolute atomic E-state index is 0.00288. The van der Waals surface area contributed by atoms with Crippen LogP contribution >= 0.6 is 0 Å². The van der Waals surface area contributed by atoms with Crippen molar-refractivity contribution < 1.29 is 9.59 Å². The van der Waals surface area contributed by atoms with Gasteiger partial charge < -0.3 is 9.80 Å². The third-order valence-electron chi connectivity index (χ3n) is 5.64. The summed E-state index contributed by atoms with van der Waals surface area (Å²) in [5, 5.41) is 0. The van der Waals surface area contributed by atoms with Gasteiger partial charge in [-0.05, 0) is 48.9 Å². The van der Waals surface area contributed by atoms with E-state index in [0.717, 1.165) is 30.5 Å². The lowest BCUT2D eigenvalue weighted by Crippen LogP contribution is -2.40. The molecule has 3 rings (SSSR count). The maximum Gasteiger partial charge on any atom is 0.253 e. The minimum Gasteiger partial charge on any atom is -0.378 e. The van der Waals surface area contributed by atoms with Gasteiger partial charge in [0.05, 0.1) is 0 Å². The van der Waals surface area contributed by atoms with Gasteiger partial charge in [0, 0.05) is 49.9 Å². The third kappa shape index (κ3) is 5.26. The molecule has 0 aliphatic carbocycles. The Kier molecular flexibility index (Phi) is 6.73. The lowest BCUT2D eigenvalue weighted by Gasteiger charge is -2.31. The molecule has 0 spiro atoms. The second-order valence-electron chi connectivity index (χ2n) is 8.67. The Hall–Kier alpha value is -2.62. The number of hydrogen-bond acceptors (Lipinski definition) is 3. The van der Waals surface area contributed by atoms with E-state index in [4.69, 9.17) is 0 Å². The van der Waals surface area contributed by atoms with Crippen molar-refractivity contribution in [2.24, 2.45) is 11.8 Å². The van der Waals surface area contributed by atoms with E-state index in [0.29, 0.717) is 24.6 Å². The molecule has 1 aliphatic rings. The number of nitrogens with zero attached hydrogens (tertiary/aromatic N) is 2. The molecule has 0 bridgehead atoms. The van der Waals surface area contributed by atoms with Crippen molar-refractivity contribution in [2.45, 2.75) is 33.1 Å². The normalized spacial score (nSPS) is 14.9. The number of carbonyl (C=O) groups is 2. The lowest BCUT2D eigenvalue weighted by atomic mass is 9.88. The standard InChI is InChI=1S/C25H32N2O2/c1-18(2)16-19-8-10-20(11-9-19)24(28)21-12-14-27(15-13-21)25(29)22-6-5-7-23(17-22)26(3)4/h5-11,17-18,21H,12-16H2,1-4H3. The van der Waals surface area contributed by atoms with Crippen LogP contribution in [0.1, 0.15) is 53.0 Å².